The van der Waals surface area contributed by atoms with Crippen LogP contribution in [0.3, 0.4) is 0 Å². The lowest BCUT2D eigenvalue weighted by Crippen LogP contribution is -2.41. The van der Waals surface area contributed by atoms with Crippen molar-refractivity contribution in [2.24, 2.45) is 0 Å². The maximum absolute atomic E-state index is 13.3. The predicted octanol–water partition coefficient (Wildman–Crippen LogP) is 3.93. The van der Waals surface area contributed by atoms with Gasteiger partial charge in [0.1, 0.15) is 0 Å². The van der Waals surface area contributed by atoms with E-state index in [2.05, 4.69) is 0 Å². The fraction of sp³-hybridized carbons (Fsp3) is 0.130. The highest BCUT2D eigenvalue weighted by molar-refractivity contribution is 6.31. The average Bonchev–Trinajstić information content (AvgIpc) is 2.92. The molecular formula is C23H19ClN2O3. The van der Waals surface area contributed by atoms with Gasteiger partial charge in [-0.2, -0.15) is 0 Å². The first-order valence-corrected chi connectivity index (χ1v) is 9.54. The van der Waals surface area contributed by atoms with Crippen molar-refractivity contribution in [1.82, 2.24) is 0 Å². The molecule has 3 N–H and O–H groups in total. The number of nitrogens with two attached hydrogens (primary N) is 1. The molecule has 0 saturated carbocycles. The number of para-hydroxylation sites is 1. The summed E-state index contributed by atoms with van der Waals surface area (Å²) < 4.78 is 0. The Morgan fingerprint density at radius 2 is 1.76 bits per heavy atom. The molecule has 0 saturated heterocycles. The van der Waals surface area contributed by atoms with E-state index >= 15 is 0 Å². The topological polar surface area (TPSA) is 83.6 Å². The Morgan fingerprint density at radius 1 is 1.03 bits per heavy atom. The largest absolute Gasteiger partial charge is 0.399 e. The van der Waals surface area contributed by atoms with Crippen molar-refractivity contribution >= 4 is 34.7 Å². The zero-order valence-corrected chi connectivity index (χ0v) is 16.3. The second kappa shape index (κ2) is 7.35. The minimum atomic E-state index is -1.94. The number of Topliss-reactive ketones (excluding diaryl/α,β-unsaturated/α-hetero) is 1. The third-order valence-corrected chi connectivity index (χ3v) is 5.52. The van der Waals surface area contributed by atoms with Crippen LogP contribution in [0.1, 0.15) is 27.9 Å². The minimum absolute atomic E-state index is 0.199. The number of aliphatic hydroxyl groups is 1. The Morgan fingerprint density at radius 3 is 2.52 bits per heavy atom. The van der Waals surface area contributed by atoms with E-state index in [1.54, 1.807) is 54.6 Å². The molecule has 5 nitrogen and oxygen atoms in total. The van der Waals surface area contributed by atoms with Gasteiger partial charge in [-0.25, -0.2) is 0 Å². The Hall–Kier alpha value is -3.15. The zero-order valence-electron chi connectivity index (χ0n) is 15.5. The van der Waals surface area contributed by atoms with E-state index in [9.17, 15) is 14.7 Å². The van der Waals surface area contributed by atoms with Crippen molar-refractivity contribution in [3.63, 3.8) is 0 Å². The zero-order chi connectivity index (χ0) is 20.6. The highest BCUT2D eigenvalue weighted by Crippen LogP contribution is 2.43. The molecule has 1 amide bonds. The normalized spacial score (nSPS) is 18.0. The molecule has 3 aromatic rings. The smallest absolute Gasteiger partial charge is 0.264 e. The first-order valence-electron chi connectivity index (χ1n) is 9.16. The fourth-order valence-electron chi connectivity index (χ4n) is 3.68. The number of benzene rings is 3. The first kappa shape index (κ1) is 19.2. The number of carbonyl (C=O) groups is 2. The summed E-state index contributed by atoms with van der Waals surface area (Å²) in [6, 6.07) is 20.7. The van der Waals surface area contributed by atoms with Gasteiger partial charge < -0.3 is 15.7 Å². The van der Waals surface area contributed by atoms with Gasteiger partial charge in [0.15, 0.2) is 11.4 Å². The van der Waals surface area contributed by atoms with Crippen LogP contribution in [0, 0.1) is 0 Å². The van der Waals surface area contributed by atoms with Crippen molar-refractivity contribution in [3.05, 3.63) is 94.5 Å². The number of fused-ring (bicyclic) bond motifs is 1. The van der Waals surface area contributed by atoms with Crippen molar-refractivity contribution in [3.8, 4) is 0 Å². The summed E-state index contributed by atoms with van der Waals surface area (Å²) >= 11 is 6.26. The molecule has 1 aliphatic rings. The Balaban J connectivity index is 1.70. The second-order valence-electron chi connectivity index (χ2n) is 7.09. The molecule has 1 aliphatic heterocycles. The lowest BCUT2D eigenvalue weighted by atomic mass is 9.88. The summed E-state index contributed by atoms with van der Waals surface area (Å²) in [5, 5.41) is 11.9. The molecule has 0 spiro atoms. The van der Waals surface area contributed by atoms with Crippen LogP contribution in [0.5, 0.6) is 0 Å². The van der Waals surface area contributed by atoms with Gasteiger partial charge in [-0.15, -0.1) is 0 Å². The highest BCUT2D eigenvalue weighted by Gasteiger charge is 2.50. The van der Waals surface area contributed by atoms with Crippen molar-refractivity contribution in [1.29, 1.82) is 0 Å². The second-order valence-corrected chi connectivity index (χ2v) is 7.49. The van der Waals surface area contributed by atoms with E-state index in [-0.39, 0.29) is 18.7 Å². The van der Waals surface area contributed by atoms with Crippen molar-refractivity contribution < 1.29 is 14.7 Å². The molecule has 0 aromatic heterocycles. The van der Waals surface area contributed by atoms with Crippen LogP contribution in [0.15, 0.2) is 72.8 Å². The number of halogens is 1. The molecule has 3 aromatic carbocycles. The fourth-order valence-corrected chi connectivity index (χ4v) is 3.87. The SMILES string of the molecule is Nc1cccc(C(=O)C[C@]2(O)C(=O)N(Cc3ccccc3Cl)c3ccccc32)c1. The summed E-state index contributed by atoms with van der Waals surface area (Å²) in [7, 11) is 0. The number of nitrogens with zero attached hydrogens (tertiary/aromatic N) is 1. The number of hydrogen-bond acceptors (Lipinski definition) is 4. The van der Waals surface area contributed by atoms with Gasteiger partial charge in [-0.05, 0) is 29.8 Å². The number of ketones is 1. The third kappa shape index (κ3) is 3.39. The van der Waals surface area contributed by atoms with Gasteiger partial charge in [0.05, 0.1) is 18.7 Å². The number of rotatable bonds is 5. The van der Waals surface area contributed by atoms with Crippen molar-refractivity contribution in [2.45, 2.75) is 18.6 Å². The van der Waals surface area contributed by atoms with Gasteiger partial charge in [0.2, 0.25) is 0 Å². The molecule has 6 heteroatoms. The molecule has 146 valence electrons. The monoisotopic (exact) mass is 406 g/mol. The molecule has 4 rings (SSSR count). The molecule has 1 heterocycles. The Bertz CT molecular complexity index is 1110. The lowest BCUT2D eigenvalue weighted by Gasteiger charge is -2.23. The third-order valence-electron chi connectivity index (χ3n) is 5.15. The summed E-state index contributed by atoms with van der Waals surface area (Å²) in [5.74, 6) is -0.904. The Labute approximate surface area is 173 Å². The van der Waals surface area contributed by atoms with Crippen molar-refractivity contribution in [2.75, 3.05) is 10.6 Å². The van der Waals surface area contributed by atoms with E-state index < -0.39 is 11.5 Å². The van der Waals surface area contributed by atoms with E-state index in [4.69, 9.17) is 17.3 Å². The molecule has 0 fully saturated rings. The number of nitrogen functional groups attached to an aromatic ring is 1. The molecule has 0 unspecified atom stereocenters. The average molecular weight is 407 g/mol. The van der Waals surface area contributed by atoms with Crippen LogP contribution in [0.2, 0.25) is 5.02 Å². The molecule has 0 bridgehead atoms. The van der Waals surface area contributed by atoms with E-state index in [0.29, 0.717) is 27.5 Å². The lowest BCUT2D eigenvalue weighted by molar-refractivity contribution is -0.136. The molecule has 1 atom stereocenters. The number of amides is 1. The molecule has 0 aliphatic carbocycles. The van der Waals surface area contributed by atoms with Gasteiger partial charge in [-0.1, -0.05) is 60.1 Å². The maximum atomic E-state index is 13.3. The summed E-state index contributed by atoms with van der Waals surface area (Å²) in [6.07, 6.45) is -0.370. The van der Waals surface area contributed by atoms with Crippen LogP contribution < -0.4 is 10.6 Å². The van der Waals surface area contributed by atoms with Crippen LogP contribution in [-0.2, 0) is 16.9 Å². The van der Waals surface area contributed by atoms with Gasteiger partial charge in [0, 0.05) is 21.8 Å². The number of carbonyl (C=O) groups excluding carboxylic acids is 2. The highest BCUT2D eigenvalue weighted by atomic mass is 35.5. The van der Waals surface area contributed by atoms with E-state index in [0.717, 1.165) is 5.56 Å². The summed E-state index contributed by atoms with van der Waals surface area (Å²) in [6.45, 7) is 0.199. The van der Waals surface area contributed by atoms with Crippen LogP contribution in [0.4, 0.5) is 11.4 Å². The quantitative estimate of drug-likeness (QED) is 0.496. The molecular weight excluding hydrogens is 388 g/mol. The summed E-state index contributed by atoms with van der Waals surface area (Å²) in [5.41, 5.74) is 6.35. The Kier molecular flexibility index (Phi) is 4.86. The number of anilines is 2. The van der Waals surface area contributed by atoms with E-state index in [1.807, 2.05) is 18.2 Å². The van der Waals surface area contributed by atoms with Gasteiger partial charge in [-0.3, -0.25) is 9.59 Å². The van der Waals surface area contributed by atoms with Crippen LogP contribution >= 0.6 is 11.6 Å². The predicted molar refractivity (Wildman–Crippen MR) is 113 cm³/mol. The van der Waals surface area contributed by atoms with Crippen LogP contribution in [0.25, 0.3) is 0 Å². The number of hydrogen-bond donors (Lipinski definition) is 2. The summed E-state index contributed by atoms with van der Waals surface area (Å²) in [4.78, 5) is 27.6. The van der Waals surface area contributed by atoms with Gasteiger partial charge >= 0.3 is 0 Å². The maximum Gasteiger partial charge on any atom is 0.264 e. The van der Waals surface area contributed by atoms with Crippen LogP contribution in [-0.4, -0.2) is 16.8 Å². The van der Waals surface area contributed by atoms with E-state index in [1.165, 1.54) is 4.90 Å². The molecule has 29 heavy (non-hydrogen) atoms. The first-order chi connectivity index (χ1) is 13.9. The van der Waals surface area contributed by atoms with Gasteiger partial charge in [0.25, 0.3) is 5.91 Å². The minimum Gasteiger partial charge on any atom is -0.399 e. The molecule has 0 radical (unpaired) electrons. The standard InChI is InChI=1S/C23H19ClN2O3/c24-19-10-3-1-6-16(19)14-26-20-11-4-2-9-18(20)23(29,22(26)28)13-21(27)15-7-5-8-17(25)12-15/h1-12,29H,13-14,25H2/t23-/m1/s1.